The monoisotopic (exact) mass is 351 g/mol. The van der Waals surface area contributed by atoms with Crippen LogP contribution in [0, 0.1) is 5.92 Å². The fraction of sp³-hybridized carbons (Fsp3) is 0.435. The summed E-state index contributed by atoms with van der Waals surface area (Å²) in [5.74, 6) is 2.48. The molecule has 1 aliphatic heterocycles. The molecule has 0 unspecified atom stereocenters. The van der Waals surface area contributed by atoms with Gasteiger partial charge in [-0.05, 0) is 47.6 Å². The minimum atomic E-state index is 0.250. The number of benzene rings is 2. The van der Waals surface area contributed by atoms with Crippen LogP contribution < -0.4 is 9.47 Å². The Hall–Kier alpha value is -2.29. The summed E-state index contributed by atoms with van der Waals surface area (Å²) in [6.07, 6.45) is 2.06. The van der Waals surface area contributed by atoms with Gasteiger partial charge in [-0.2, -0.15) is 0 Å². The second kappa shape index (κ2) is 7.94. The van der Waals surface area contributed by atoms with Crippen LogP contribution in [0.1, 0.15) is 48.9 Å². The first-order valence-electron chi connectivity index (χ1n) is 9.42. The molecule has 0 aromatic heterocycles. The number of nitrogens with zero attached hydrogens (tertiary/aromatic N) is 1. The lowest BCUT2D eigenvalue weighted by Gasteiger charge is -2.24. The zero-order valence-corrected chi connectivity index (χ0v) is 16.5. The van der Waals surface area contributed by atoms with Gasteiger partial charge in [0.15, 0.2) is 11.5 Å². The molecule has 1 aliphatic rings. The molecule has 3 rings (SSSR count). The van der Waals surface area contributed by atoms with Gasteiger partial charge >= 0.3 is 0 Å². The lowest BCUT2D eigenvalue weighted by molar-refractivity contribution is 0.354. The van der Waals surface area contributed by atoms with E-state index in [9.17, 15) is 0 Å². The number of hydrogen-bond donors (Lipinski definition) is 0. The molecule has 0 N–H and O–H groups in total. The number of rotatable bonds is 6. The highest BCUT2D eigenvalue weighted by Gasteiger charge is 2.23. The van der Waals surface area contributed by atoms with Gasteiger partial charge in [-0.3, -0.25) is 4.99 Å². The minimum absolute atomic E-state index is 0.250. The summed E-state index contributed by atoms with van der Waals surface area (Å²) in [6.45, 7) is 7.58. The van der Waals surface area contributed by atoms with Crippen LogP contribution in [0.2, 0.25) is 0 Å². The fourth-order valence-corrected chi connectivity index (χ4v) is 3.69. The number of methoxy groups -OCH3 is 2. The molecule has 138 valence electrons. The van der Waals surface area contributed by atoms with Crippen molar-refractivity contribution in [2.75, 3.05) is 20.8 Å². The van der Waals surface area contributed by atoms with E-state index in [0.29, 0.717) is 5.92 Å². The molecule has 1 heterocycles. The molecule has 3 heteroatoms. The van der Waals surface area contributed by atoms with Crippen LogP contribution in [-0.4, -0.2) is 26.5 Å². The van der Waals surface area contributed by atoms with E-state index in [-0.39, 0.29) is 5.92 Å². The Balaban J connectivity index is 1.91. The summed E-state index contributed by atoms with van der Waals surface area (Å²) in [5, 5.41) is 0. The van der Waals surface area contributed by atoms with Gasteiger partial charge < -0.3 is 9.47 Å². The van der Waals surface area contributed by atoms with E-state index in [1.807, 2.05) is 0 Å². The van der Waals surface area contributed by atoms with E-state index in [4.69, 9.17) is 14.5 Å². The third kappa shape index (κ3) is 3.77. The molecule has 1 atom stereocenters. The highest BCUT2D eigenvalue weighted by molar-refractivity contribution is 6.07. The Morgan fingerprint density at radius 3 is 2.23 bits per heavy atom. The predicted molar refractivity (Wildman–Crippen MR) is 108 cm³/mol. The summed E-state index contributed by atoms with van der Waals surface area (Å²) >= 11 is 0. The average Bonchev–Trinajstić information content (AvgIpc) is 2.65. The molecule has 0 aliphatic carbocycles. The van der Waals surface area contributed by atoms with E-state index >= 15 is 0 Å². The smallest absolute Gasteiger partial charge is 0.161 e. The van der Waals surface area contributed by atoms with Crippen molar-refractivity contribution in [2.24, 2.45) is 10.9 Å². The molecule has 3 nitrogen and oxygen atoms in total. The van der Waals surface area contributed by atoms with Gasteiger partial charge in [0.05, 0.1) is 14.2 Å². The number of aliphatic imine (C=N–C) groups is 1. The first-order chi connectivity index (χ1) is 12.5. The molecule has 2 aromatic rings. The van der Waals surface area contributed by atoms with Gasteiger partial charge in [0.2, 0.25) is 0 Å². The Morgan fingerprint density at radius 1 is 0.962 bits per heavy atom. The molecule has 0 amide bonds. The van der Waals surface area contributed by atoms with Crippen molar-refractivity contribution < 1.29 is 9.47 Å². The summed E-state index contributed by atoms with van der Waals surface area (Å²) in [4.78, 5) is 4.87. The minimum Gasteiger partial charge on any atom is -0.493 e. The van der Waals surface area contributed by atoms with Crippen molar-refractivity contribution in [1.29, 1.82) is 0 Å². The topological polar surface area (TPSA) is 30.8 Å². The van der Waals surface area contributed by atoms with E-state index in [2.05, 4.69) is 57.2 Å². The highest BCUT2D eigenvalue weighted by atomic mass is 16.5. The quantitative estimate of drug-likeness (QED) is 0.729. The van der Waals surface area contributed by atoms with Crippen LogP contribution in [0.25, 0.3) is 0 Å². The Kier molecular flexibility index (Phi) is 5.65. The van der Waals surface area contributed by atoms with E-state index in [1.165, 1.54) is 22.3 Å². The maximum absolute atomic E-state index is 5.51. The normalized spacial score (nSPS) is 14.6. The van der Waals surface area contributed by atoms with Gasteiger partial charge in [0.1, 0.15) is 0 Å². The predicted octanol–water partition coefficient (Wildman–Crippen LogP) is 5.05. The average molecular weight is 351 g/mol. The molecular formula is C23H29NO2. The van der Waals surface area contributed by atoms with Crippen molar-refractivity contribution in [3.05, 3.63) is 58.7 Å². The summed E-state index contributed by atoms with van der Waals surface area (Å²) < 4.78 is 11.0. The van der Waals surface area contributed by atoms with E-state index in [1.54, 1.807) is 14.2 Å². The first kappa shape index (κ1) is 18.5. The zero-order chi connectivity index (χ0) is 18.7. The molecule has 0 saturated carbocycles. The van der Waals surface area contributed by atoms with Crippen LogP contribution in [0.5, 0.6) is 11.5 Å². The highest BCUT2D eigenvalue weighted by Crippen LogP contribution is 2.35. The summed E-state index contributed by atoms with van der Waals surface area (Å²) in [6, 6.07) is 13.2. The summed E-state index contributed by atoms with van der Waals surface area (Å²) in [5.41, 5.74) is 6.32. The van der Waals surface area contributed by atoms with Crippen LogP contribution in [-0.2, 0) is 12.8 Å². The lowest BCUT2D eigenvalue weighted by Crippen LogP contribution is -2.19. The molecule has 0 fully saturated rings. The van der Waals surface area contributed by atoms with Gasteiger partial charge in [-0.1, -0.05) is 45.0 Å². The molecule has 0 radical (unpaired) electrons. The fourth-order valence-electron chi connectivity index (χ4n) is 3.69. The third-order valence-corrected chi connectivity index (χ3v) is 5.08. The van der Waals surface area contributed by atoms with Crippen LogP contribution in [0.3, 0.4) is 0 Å². The Morgan fingerprint density at radius 2 is 1.62 bits per heavy atom. The second-order valence-electron chi connectivity index (χ2n) is 7.44. The molecule has 0 saturated heterocycles. The van der Waals surface area contributed by atoms with Gasteiger partial charge in [0.25, 0.3) is 0 Å². The second-order valence-corrected chi connectivity index (χ2v) is 7.44. The summed E-state index contributed by atoms with van der Waals surface area (Å²) in [7, 11) is 3.37. The number of fused-ring (bicyclic) bond motifs is 1. The molecule has 26 heavy (non-hydrogen) atoms. The maximum atomic E-state index is 5.51. The van der Waals surface area contributed by atoms with Crippen molar-refractivity contribution in [3.8, 4) is 11.5 Å². The zero-order valence-electron chi connectivity index (χ0n) is 16.5. The van der Waals surface area contributed by atoms with Crippen LogP contribution in [0.15, 0.2) is 41.4 Å². The van der Waals surface area contributed by atoms with Crippen molar-refractivity contribution in [1.82, 2.24) is 0 Å². The van der Waals surface area contributed by atoms with Crippen molar-refractivity contribution >= 4 is 5.71 Å². The largest absolute Gasteiger partial charge is 0.493 e. The Labute approximate surface area is 157 Å². The maximum Gasteiger partial charge on any atom is 0.161 e. The molecular weight excluding hydrogens is 322 g/mol. The molecule has 0 spiro atoms. The SMILES string of the molecule is COc1cc2c(cc1OC)C([C@H](C)c1ccc(CC(C)C)cc1)=NCC2. The molecule has 0 bridgehead atoms. The Bertz CT molecular complexity index is 791. The first-order valence-corrected chi connectivity index (χ1v) is 9.42. The van der Waals surface area contributed by atoms with Gasteiger partial charge in [-0.25, -0.2) is 0 Å². The van der Waals surface area contributed by atoms with Gasteiger partial charge in [0, 0.05) is 23.7 Å². The molecule has 2 aromatic carbocycles. The lowest BCUT2D eigenvalue weighted by atomic mass is 9.86. The van der Waals surface area contributed by atoms with E-state index < -0.39 is 0 Å². The number of hydrogen-bond acceptors (Lipinski definition) is 3. The van der Waals surface area contributed by atoms with Crippen LogP contribution >= 0.6 is 0 Å². The standard InChI is InChI=1S/C23H29NO2/c1-15(2)12-17-6-8-18(9-7-17)16(3)23-20-14-22(26-5)21(25-4)13-19(20)10-11-24-23/h6-9,13-16H,10-12H2,1-5H3/t16-/m1/s1. The van der Waals surface area contributed by atoms with E-state index in [0.717, 1.165) is 36.6 Å². The van der Waals surface area contributed by atoms with Gasteiger partial charge in [-0.15, -0.1) is 0 Å². The number of ether oxygens (including phenoxy) is 2. The van der Waals surface area contributed by atoms with Crippen molar-refractivity contribution in [3.63, 3.8) is 0 Å². The van der Waals surface area contributed by atoms with Crippen molar-refractivity contribution in [2.45, 2.75) is 39.5 Å². The third-order valence-electron chi connectivity index (χ3n) is 5.08. The van der Waals surface area contributed by atoms with Crippen LogP contribution in [0.4, 0.5) is 0 Å².